The summed E-state index contributed by atoms with van der Waals surface area (Å²) in [5.74, 6) is 1.18. The van der Waals surface area contributed by atoms with Crippen LogP contribution in [0.5, 0.6) is 0 Å². The Balaban J connectivity index is 1.94. The second-order valence-corrected chi connectivity index (χ2v) is 6.52. The molecule has 2 heterocycles. The maximum atomic E-state index is 12.4. The van der Waals surface area contributed by atoms with E-state index in [4.69, 9.17) is 4.74 Å². The van der Waals surface area contributed by atoms with Crippen molar-refractivity contribution < 1.29 is 14.3 Å². The summed E-state index contributed by atoms with van der Waals surface area (Å²) >= 11 is 1.77. The first kappa shape index (κ1) is 13.7. The van der Waals surface area contributed by atoms with Gasteiger partial charge in [0, 0.05) is 13.1 Å². The molecule has 0 aliphatic carbocycles. The normalized spacial score (nSPS) is 32.3. The lowest BCUT2D eigenvalue weighted by Crippen LogP contribution is -2.37. The zero-order valence-electron chi connectivity index (χ0n) is 11.1. The molecule has 3 unspecified atom stereocenters. The van der Waals surface area contributed by atoms with Gasteiger partial charge in [0.15, 0.2) is 0 Å². The van der Waals surface area contributed by atoms with Gasteiger partial charge >= 0.3 is 5.97 Å². The Labute approximate surface area is 112 Å². The van der Waals surface area contributed by atoms with Crippen molar-refractivity contribution in [3.8, 4) is 0 Å². The fraction of sp³-hybridized carbons (Fsp3) is 0.846. The van der Waals surface area contributed by atoms with Crippen LogP contribution in [-0.4, -0.2) is 48.0 Å². The number of carbonyl (C=O) groups is 2. The van der Waals surface area contributed by atoms with Crippen molar-refractivity contribution in [2.45, 2.75) is 31.4 Å². The first-order valence-electron chi connectivity index (χ1n) is 6.61. The molecule has 2 fully saturated rings. The van der Waals surface area contributed by atoms with E-state index >= 15 is 0 Å². The van der Waals surface area contributed by atoms with Gasteiger partial charge < -0.3 is 9.64 Å². The standard InChI is InChI=1S/C13H21NO3S/c1-9-7-14(8-10(9)13(16)17-2)12(15)11-5-3-4-6-18-11/h9-11H,3-8H2,1-2H3. The molecule has 102 valence electrons. The molecule has 2 saturated heterocycles. The van der Waals surface area contributed by atoms with Crippen LogP contribution in [0.15, 0.2) is 0 Å². The molecule has 1 amide bonds. The highest BCUT2D eigenvalue weighted by molar-refractivity contribution is 8.00. The smallest absolute Gasteiger partial charge is 0.310 e. The van der Waals surface area contributed by atoms with Gasteiger partial charge in [-0.15, -0.1) is 11.8 Å². The SMILES string of the molecule is COC(=O)C1CN(C(=O)C2CCCCS2)CC1C. The number of nitrogens with zero attached hydrogens (tertiary/aromatic N) is 1. The van der Waals surface area contributed by atoms with Crippen LogP contribution in [0, 0.1) is 11.8 Å². The van der Waals surface area contributed by atoms with Gasteiger partial charge in [-0.1, -0.05) is 13.3 Å². The topological polar surface area (TPSA) is 46.6 Å². The van der Waals surface area contributed by atoms with Gasteiger partial charge in [-0.3, -0.25) is 9.59 Å². The van der Waals surface area contributed by atoms with E-state index in [1.165, 1.54) is 13.5 Å². The van der Waals surface area contributed by atoms with Gasteiger partial charge in [0.25, 0.3) is 0 Å². The molecule has 0 N–H and O–H groups in total. The predicted molar refractivity (Wildman–Crippen MR) is 71.3 cm³/mol. The predicted octanol–water partition coefficient (Wildman–Crippen LogP) is 1.54. The van der Waals surface area contributed by atoms with E-state index in [1.807, 2.05) is 11.8 Å². The average Bonchev–Trinajstić information content (AvgIpc) is 2.80. The monoisotopic (exact) mass is 271 g/mol. The van der Waals surface area contributed by atoms with Gasteiger partial charge in [-0.05, 0) is 24.5 Å². The summed E-state index contributed by atoms with van der Waals surface area (Å²) in [5.41, 5.74) is 0. The number of hydrogen-bond donors (Lipinski definition) is 0. The van der Waals surface area contributed by atoms with Crippen LogP contribution >= 0.6 is 11.8 Å². The Morgan fingerprint density at radius 2 is 2.06 bits per heavy atom. The van der Waals surface area contributed by atoms with Crippen LogP contribution in [0.3, 0.4) is 0 Å². The van der Waals surface area contributed by atoms with Crippen molar-refractivity contribution in [2.75, 3.05) is 26.0 Å². The number of methoxy groups -OCH3 is 1. The minimum absolute atomic E-state index is 0.113. The van der Waals surface area contributed by atoms with Crippen LogP contribution in [0.1, 0.15) is 26.2 Å². The molecular weight excluding hydrogens is 250 g/mol. The number of rotatable bonds is 2. The summed E-state index contributed by atoms with van der Waals surface area (Å²) in [6.07, 6.45) is 3.35. The lowest BCUT2D eigenvalue weighted by molar-refractivity contribution is -0.146. The molecule has 18 heavy (non-hydrogen) atoms. The Kier molecular flexibility index (Phi) is 4.54. The van der Waals surface area contributed by atoms with Gasteiger partial charge in [0.1, 0.15) is 0 Å². The lowest BCUT2D eigenvalue weighted by atomic mass is 9.99. The molecule has 4 nitrogen and oxygen atoms in total. The molecule has 2 aliphatic heterocycles. The summed E-state index contributed by atoms with van der Waals surface area (Å²) in [4.78, 5) is 25.8. The molecule has 3 atom stereocenters. The van der Waals surface area contributed by atoms with Crippen molar-refractivity contribution in [2.24, 2.45) is 11.8 Å². The highest BCUT2D eigenvalue weighted by Crippen LogP contribution is 2.30. The van der Waals surface area contributed by atoms with Gasteiger partial charge in [-0.25, -0.2) is 0 Å². The number of hydrogen-bond acceptors (Lipinski definition) is 4. The number of thioether (sulfide) groups is 1. The molecule has 0 aromatic carbocycles. The maximum absolute atomic E-state index is 12.4. The molecule has 0 aromatic heterocycles. The van der Waals surface area contributed by atoms with E-state index in [-0.39, 0.29) is 29.0 Å². The molecule has 0 bridgehead atoms. The van der Waals surface area contributed by atoms with E-state index in [2.05, 4.69) is 0 Å². The van der Waals surface area contributed by atoms with E-state index in [0.29, 0.717) is 13.1 Å². The minimum atomic E-state index is -0.186. The summed E-state index contributed by atoms with van der Waals surface area (Å²) in [6, 6.07) is 0. The summed E-state index contributed by atoms with van der Waals surface area (Å²) in [6.45, 7) is 3.24. The highest BCUT2D eigenvalue weighted by atomic mass is 32.2. The van der Waals surface area contributed by atoms with Crippen molar-refractivity contribution >= 4 is 23.6 Å². The Bertz CT molecular complexity index is 328. The third-order valence-electron chi connectivity index (χ3n) is 3.88. The summed E-state index contributed by atoms with van der Waals surface area (Å²) in [5, 5.41) is 0.113. The zero-order chi connectivity index (χ0) is 13.1. The largest absolute Gasteiger partial charge is 0.469 e. The highest BCUT2D eigenvalue weighted by Gasteiger charge is 2.39. The molecule has 2 aliphatic rings. The van der Waals surface area contributed by atoms with Crippen LogP contribution < -0.4 is 0 Å². The fourth-order valence-corrected chi connectivity index (χ4v) is 4.02. The number of amides is 1. The third kappa shape index (κ3) is 2.82. The molecule has 0 radical (unpaired) electrons. The van der Waals surface area contributed by atoms with Crippen molar-refractivity contribution in [1.29, 1.82) is 0 Å². The zero-order valence-corrected chi connectivity index (χ0v) is 11.9. The molecule has 5 heteroatoms. The minimum Gasteiger partial charge on any atom is -0.469 e. The van der Waals surface area contributed by atoms with Gasteiger partial charge in [0.05, 0.1) is 18.3 Å². The van der Waals surface area contributed by atoms with Crippen LogP contribution in [0.2, 0.25) is 0 Å². The fourth-order valence-electron chi connectivity index (χ4n) is 2.74. The number of carbonyl (C=O) groups excluding carboxylic acids is 2. The number of likely N-dealkylation sites (tertiary alicyclic amines) is 1. The first-order valence-corrected chi connectivity index (χ1v) is 7.66. The summed E-state index contributed by atoms with van der Waals surface area (Å²) < 4.78 is 4.80. The van der Waals surface area contributed by atoms with E-state index < -0.39 is 0 Å². The number of ether oxygens (including phenoxy) is 1. The molecular formula is C13H21NO3S. The lowest BCUT2D eigenvalue weighted by Gasteiger charge is -2.25. The molecule has 0 aromatic rings. The molecule has 0 spiro atoms. The first-order chi connectivity index (χ1) is 8.63. The van der Waals surface area contributed by atoms with E-state index in [9.17, 15) is 9.59 Å². The van der Waals surface area contributed by atoms with Crippen molar-refractivity contribution in [3.05, 3.63) is 0 Å². The van der Waals surface area contributed by atoms with E-state index in [0.717, 1.165) is 18.6 Å². The Morgan fingerprint density at radius 3 is 2.67 bits per heavy atom. The summed E-state index contributed by atoms with van der Waals surface area (Å²) in [7, 11) is 1.41. The van der Waals surface area contributed by atoms with Crippen LogP contribution in [-0.2, 0) is 14.3 Å². The number of esters is 1. The average molecular weight is 271 g/mol. The maximum Gasteiger partial charge on any atom is 0.310 e. The molecule has 2 rings (SSSR count). The second-order valence-electron chi connectivity index (χ2n) is 5.21. The quantitative estimate of drug-likeness (QED) is 0.715. The third-order valence-corrected chi connectivity index (χ3v) is 5.25. The van der Waals surface area contributed by atoms with Crippen LogP contribution in [0.25, 0.3) is 0 Å². The Hall–Kier alpha value is -0.710. The van der Waals surface area contributed by atoms with Crippen molar-refractivity contribution in [1.82, 2.24) is 4.90 Å². The van der Waals surface area contributed by atoms with Gasteiger partial charge in [0.2, 0.25) is 5.91 Å². The van der Waals surface area contributed by atoms with Gasteiger partial charge in [-0.2, -0.15) is 0 Å². The molecule has 0 saturated carbocycles. The Morgan fingerprint density at radius 1 is 1.28 bits per heavy atom. The second kappa shape index (κ2) is 5.95. The van der Waals surface area contributed by atoms with Crippen molar-refractivity contribution in [3.63, 3.8) is 0 Å². The van der Waals surface area contributed by atoms with E-state index in [1.54, 1.807) is 11.8 Å². The van der Waals surface area contributed by atoms with Crippen LogP contribution in [0.4, 0.5) is 0 Å².